The van der Waals surface area contributed by atoms with Crippen LogP contribution in [0.1, 0.15) is 18.1 Å². The normalized spacial score (nSPS) is 12.2. The molecule has 35 heavy (non-hydrogen) atoms. The Morgan fingerprint density at radius 2 is 1.46 bits per heavy atom. The molecule has 0 radical (unpaired) electrons. The highest BCUT2D eigenvalue weighted by molar-refractivity contribution is 6.02. The maximum atomic E-state index is 12.3. The number of hydrogen-bond acceptors (Lipinski definition) is 9. The minimum atomic E-state index is -1.49. The van der Waals surface area contributed by atoms with Crippen LogP contribution < -0.4 is 14.2 Å². The van der Waals surface area contributed by atoms with Crippen molar-refractivity contribution < 1.29 is 44.2 Å². The Balaban J connectivity index is 2.13. The van der Waals surface area contributed by atoms with E-state index in [1.54, 1.807) is 18.2 Å². The number of allylic oxidation sites excluding steroid dienone is 3. The third kappa shape index (κ3) is 7.46. The van der Waals surface area contributed by atoms with Gasteiger partial charge < -0.3 is 34.6 Å². The standard InChI is InChI=1S/C26H28O9/c1-26(15-27,16-28)25(32)35-24-13-18(7-11-23(24)34-3)5-9-20(30)14-19(29)8-4-17-6-10-22(33-2)21(31)12-17/h4-14,27-29,31H,15-16H2,1-3H3/b8-4+,9-5+,19-14-. The van der Waals surface area contributed by atoms with Gasteiger partial charge in [-0.2, -0.15) is 0 Å². The topological polar surface area (TPSA) is 143 Å². The molecule has 0 fully saturated rings. The van der Waals surface area contributed by atoms with Crippen LogP contribution in [0.4, 0.5) is 0 Å². The molecule has 4 N–H and O–H groups in total. The molecule has 0 saturated heterocycles. The monoisotopic (exact) mass is 484 g/mol. The predicted octanol–water partition coefficient (Wildman–Crippen LogP) is 3.04. The fourth-order valence-corrected chi connectivity index (χ4v) is 2.69. The van der Waals surface area contributed by atoms with E-state index in [1.165, 1.54) is 63.6 Å². The van der Waals surface area contributed by atoms with E-state index >= 15 is 0 Å². The second kappa shape index (κ2) is 12.4. The number of phenols is 1. The molecule has 0 saturated carbocycles. The average Bonchev–Trinajstić information content (AvgIpc) is 2.85. The molecule has 0 bridgehead atoms. The second-order valence-corrected chi connectivity index (χ2v) is 7.75. The number of ether oxygens (including phenoxy) is 3. The van der Waals surface area contributed by atoms with Crippen molar-refractivity contribution in [2.75, 3.05) is 27.4 Å². The van der Waals surface area contributed by atoms with Crippen molar-refractivity contribution in [2.24, 2.45) is 5.41 Å². The molecule has 0 spiro atoms. The molecule has 0 amide bonds. The number of carbonyl (C=O) groups is 2. The number of aliphatic hydroxyl groups is 3. The maximum Gasteiger partial charge on any atom is 0.322 e. The van der Waals surface area contributed by atoms with Gasteiger partial charge in [0, 0.05) is 6.08 Å². The Morgan fingerprint density at radius 1 is 0.886 bits per heavy atom. The lowest BCUT2D eigenvalue weighted by atomic mass is 9.93. The van der Waals surface area contributed by atoms with E-state index < -0.39 is 30.4 Å². The lowest BCUT2D eigenvalue weighted by Gasteiger charge is -2.22. The molecule has 186 valence electrons. The van der Waals surface area contributed by atoms with Crippen LogP contribution in [-0.4, -0.2) is 59.6 Å². The summed E-state index contributed by atoms with van der Waals surface area (Å²) >= 11 is 0. The summed E-state index contributed by atoms with van der Waals surface area (Å²) in [4.78, 5) is 24.5. The third-order valence-corrected chi connectivity index (χ3v) is 4.96. The van der Waals surface area contributed by atoms with E-state index in [2.05, 4.69) is 0 Å². The van der Waals surface area contributed by atoms with E-state index in [4.69, 9.17) is 14.2 Å². The van der Waals surface area contributed by atoms with Crippen molar-refractivity contribution in [3.63, 3.8) is 0 Å². The molecule has 0 aliphatic heterocycles. The van der Waals surface area contributed by atoms with Gasteiger partial charge in [-0.1, -0.05) is 24.3 Å². The largest absolute Gasteiger partial charge is 0.508 e. The van der Waals surface area contributed by atoms with Gasteiger partial charge in [0.25, 0.3) is 0 Å². The van der Waals surface area contributed by atoms with Crippen molar-refractivity contribution in [3.05, 3.63) is 71.5 Å². The third-order valence-electron chi connectivity index (χ3n) is 4.96. The first-order chi connectivity index (χ1) is 16.6. The van der Waals surface area contributed by atoms with Crippen LogP contribution in [0.25, 0.3) is 12.2 Å². The van der Waals surface area contributed by atoms with E-state index in [1.807, 2.05) is 0 Å². The van der Waals surface area contributed by atoms with E-state index in [0.29, 0.717) is 16.9 Å². The van der Waals surface area contributed by atoms with Crippen molar-refractivity contribution in [1.29, 1.82) is 0 Å². The highest BCUT2D eigenvalue weighted by Gasteiger charge is 2.34. The zero-order chi connectivity index (χ0) is 26.0. The lowest BCUT2D eigenvalue weighted by molar-refractivity contribution is -0.150. The molecule has 2 aromatic rings. The number of carbonyl (C=O) groups excluding carboxylic acids is 2. The number of esters is 1. The summed E-state index contributed by atoms with van der Waals surface area (Å²) in [6, 6.07) is 9.29. The summed E-state index contributed by atoms with van der Waals surface area (Å²) in [5.41, 5.74) is -0.411. The quantitative estimate of drug-likeness (QED) is 0.124. The zero-order valence-corrected chi connectivity index (χ0v) is 19.6. The van der Waals surface area contributed by atoms with Gasteiger partial charge in [-0.05, 0) is 54.5 Å². The molecular formula is C26H28O9. The fourth-order valence-electron chi connectivity index (χ4n) is 2.69. The molecule has 2 rings (SSSR count). The minimum Gasteiger partial charge on any atom is -0.508 e. The number of aliphatic hydroxyl groups excluding tert-OH is 3. The molecule has 0 aromatic heterocycles. The van der Waals surface area contributed by atoms with Crippen LogP contribution >= 0.6 is 0 Å². The van der Waals surface area contributed by atoms with Gasteiger partial charge in [0.15, 0.2) is 28.8 Å². The van der Waals surface area contributed by atoms with E-state index in [0.717, 1.165) is 6.08 Å². The van der Waals surface area contributed by atoms with Gasteiger partial charge in [0.1, 0.15) is 11.2 Å². The molecule has 0 aliphatic carbocycles. The molecule has 9 nitrogen and oxygen atoms in total. The highest BCUT2D eigenvalue weighted by atomic mass is 16.6. The average molecular weight is 485 g/mol. The maximum absolute atomic E-state index is 12.3. The first-order valence-corrected chi connectivity index (χ1v) is 10.5. The SMILES string of the molecule is COc1ccc(/C=C/C(O)=C/C(=O)/C=C/c2ccc(OC)c(OC(=O)C(C)(CO)CO)c2)cc1O. The first kappa shape index (κ1) is 27.2. The van der Waals surface area contributed by atoms with Crippen LogP contribution in [0.2, 0.25) is 0 Å². The Labute approximate surface area is 202 Å². The van der Waals surface area contributed by atoms with Crippen molar-refractivity contribution in [1.82, 2.24) is 0 Å². The lowest BCUT2D eigenvalue weighted by Crippen LogP contribution is -2.38. The summed E-state index contributed by atoms with van der Waals surface area (Å²) in [5.74, 6) is -1.10. The van der Waals surface area contributed by atoms with E-state index in [-0.39, 0.29) is 23.0 Å². The van der Waals surface area contributed by atoms with Crippen molar-refractivity contribution >= 4 is 23.9 Å². The fraction of sp³-hybridized carbons (Fsp3) is 0.231. The van der Waals surface area contributed by atoms with Crippen molar-refractivity contribution in [3.8, 4) is 23.0 Å². The summed E-state index contributed by atoms with van der Waals surface area (Å²) < 4.78 is 15.4. The van der Waals surface area contributed by atoms with Crippen LogP contribution in [0.5, 0.6) is 23.0 Å². The van der Waals surface area contributed by atoms with Crippen LogP contribution in [0, 0.1) is 5.41 Å². The summed E-state index contributed by atoms with van der Waals surface area (Å²) in [7, 11) is 2.82. The zero-order valence-electron chi connectivity index (χ0n) is 19.6. The molecule has 2 aromatic carbocycles. The minimum absolute atomic E-state index is 0.0456. The number of aromatic hydroxyl groups is 1. The first-order valence-electron chi connectivity index (χ1n) is 10.5. The summed E-state index contributed by atoms with van der Waals surface area (Å²) in [6.07, 6.45) is 6.48. The van der Waals surface area contributed by atoms with Gasteiger partial charge in [-0.3, -0.25) is 9.59 Å². The number of phenolic OH excluding ortho intramolecular Hbond substituents is 1. The van der Waals surface area contributed by atoms with Gasteiger partial charge in [-0.25, -0.2) is 0 Å². The number of ketones is 1. The Kier molecular flexibility index (Phi) is 9.63. The molecule has 0 aliphatic rings. The molecular weight excluding hydrogens is 456 g/mol. The Bertz CT molecular complexity index is 1140. The van der Waals surface area contributed by atoms with Gasteiger partial charge in [0.2, 0.25) is 0 Å². The predicted molar refractivity (Wildman–Crippen MR) is 129 cm³/mol. The van der Waals surface area contributed by atoms with Crippen molar-refractivity contribution in [2.45, 2.75) is 6.92 Å². The number of methoxy groups -OCH3 is 2. The Hall–Kier alpha value is -4.08. The second-order valence-electron chi connectivity index (χ2n) is 7.75. The van der Waals surface area contributed by atoms with Gasteiger partial charge >= 0.3 is 5.97 Å². The summed E-state index contributed by atoms with van der Waals surface area (Å²) in [6.45, 7) is 0.139. The van der Waals surface area contributed by atoms with Crippen LogP contribution in [0.15, 0.2) is 60.4 Å². The number of benzene rings is 2. The Morgan fingerprint density at radius 3 is 2.03 bits per heavy atom. The van der Waals surface area contributed by atoms with E-state index in [9.17, 15) is 30.0 Å². The van der Waals surface area contributed by atoms with Gasteiger partial charge in [-0.15, -0.1) is 0 Å². The number of rotatable bonds is 11. The smallest absolute Gasteiger partial charge is 0.322 e. The molecule has 9 heteroatoms. The molecule has 0 unspecified atom stereocenters. The molecule has 0 heterocycles. The highest BCUT2D eigenvalue weighted by Crippen LogP contribution is 2.31. The summed E-state index contributed by atoms with van der Waals surface area (Å²) in [5, 5.41) is 38.6. The van der Waals surface area contributed by atoms with Gasteiger partial charge in [0.05, 0.1) is 27.4 Å². The van der Waals surface area contributed by atoms with Crippen LogP contribution in [0.3, 0.4) is 0 Å². The molecule has 0 atom stereocenters. The van der Waals surface area contributed by atoms with Crippen LogP contribution in [-0.2, 0) is 9.59 Å². The number of hydrogen-bond donors (Lipinski definition) is 4.